The Morgan fingerprint density at radius 3 is 2.75 bits per heavy atom. The van der Waals surface area contributed by atoms with Crippen molar-refractivity contribution in [2.45, 2.75) is 64.0 Å². The van der Waals surface area contributed by atoms with Gasteiger partial charge in [0.2, 0.25) is 0 Å². The van der Waals surface area contributed by atoms with Crippen molar-refractivity contribution >= 4 is 27.7 Å². The fourth-order valence-corrected chi connectivity index (χ4v) is 4.06. The highest BCUT2D eigenvalue weighted by Crippen LogP contribution is 2.40. The number of amides is 1. The number of benzene rings is 1. The first-order valence-corrected chi connectivity index (χ1v) is 9.62. The number of rotatable bonds is 6. The van der Waals surface area contributed by atoms with Gasteiger partial charge in [0.1, 0.15) is 17.1 Å². The maximum Gasteiger partial charge on any atom is 0.256 e. The van der Waals surface area contributed by atoms with Gasteiger partial charge in [0.25, 0.3) is 5.91 Å². The van der Waals surface area contributed by atoms with Crippen LogP contribution in [0.1, 0.15) is 57.4 Å². The normalized spacial score (nSPS) is 19.2. The van der Waals surface area contributed by atoms with Crippen LogP contribution >= 0.6 is 15.9 Å². The van der Waals surface area contributed by atoms with Gasteiger partial charge in [-0.2, -0.15) is 0 Å². The number of methoxy groups -OCH3 is 1. The molecule has 1 heterocycles. The van der Waals surface area contributed by atoms with Crippen LogP contribution in [0.25, 0.3) is 0 Å². The molecule has 4 nitrogen and oxygen atoms in total. The summed E-state index contributed by atoms with van der Waals surface area (Å²) in [7, 11) is 1.67. The molecule has 130 valence electrons. The molecule has 1 spiro atoms. The maximum atomic E-state index is 13.1. The molecule has 1 aliphatic heterocycles. The zero-order valence-electron chi connectivity index (χ0n) is 14.5. The number of unbranched alkanes of at least 4 members (excludes halogenated alkanes) is 1. The van der Waals surface area contributed by atoms with Crippen LogP contribution in [0.3, 0.4) is 0 Å². The van der Waals surface area contributed by atoms with E-state index in [9.17, 15) is 4.79 Å². The van der Waals surface area contributed by atoms with Crippen LogP contribution in [0.5, 0.6) is 5.75 Å². The Balaban J connectivity index is 1.87. The highest BCUT2D eigenvalue weighted by Gasteiger charge is 2.49. The zero-order chi connectivity index (χ0) is 17.2. The molecule has 1 saturated carbocycles. The van der Waals surface area contributed by atoms with Gasteiger partial charge in [-0.05, 0) is 31.4 Å². The fourth-order valence-electron chi connectivity index (χ4n) is 3.72. The molecule has 1 aromatic carbocycles. The second-order valence-corrected chi connectivity index (χ2v) is 7.63. The molecular formula is C19H25BrN2O2. The Kier molecular flexibility index (Phi) is 5.28. The number of carbonyl (C=O) groups excluding carboxylic acids is 1. The molecule has 5 heteroatoms. The van der Waals surface area contributed by atoms with E-state index in [-0.39, 0.29) is 5.91 Å². The van der Waals surface area contributed by atoms with Crippen molar-refractivity contribution < 1.29 is 9.53 Å². The maximum absolute atomic E-state index is 13.1. The van der Waals surface area contributed by atoms with Gasteiger partial charge in [0, 0.05) is 16.5 Å². The number of carbonyl (C=O) groups is 1. The monoisotopic (exact) mass is 392 g/mol. The van der Waals surface area contributed by atoms with E-state index < -0.39 is 5.54 Å². The van der Waals surface area contributed by atoms with Crippen molar-refractivity contribution in [2.75, 3.05) is 7.11 Å². The first-order chi connectivity index (χ1) is 11.6. The molecule has 0 N–H and O–H groups in total. The number of amidine groups is 1. The average molecular weight is 393 g/mol. The van der Waals surface area contributed by atoms with Crippen LogP contribution in [0, 0.1) is 0 Å². The number of ether oxygens (including phenoxy) is 1. The second-order valence-electron chi connectivity index (χ2n) is 6.72. The van der Waals surface area contributed by atoms with E-state index in [0.717, 1.165) is 66.6 Å². The summed E-state index contributed by atoms with van der Waals surface area (Å²) in [6.07, 6.45) is 7.05. The lowest BCUT2D eigenvalue weighted by Crippen LogP contribution is -2.40. The van der Waals surface area contributed by atoms with Crippen molar-refractivity contribution in [3.05, 3.63) is 28.2 Å². The molecule has 0 unspecified atom stereocenters. The minimum atomic E-state index is -0.467. The van der Waals surface area contributed by atoms with Crippen molar-refractivity contribution in [3.63, 3.8) is 0 Å². The summed E-state index contributed by atoms with van der Waals surface area (Å²) in [5.41, 5.74) is 0.555. The van der Waals surface area contributed by atoms with E-state index >= 15 is 0 Å². The summed E-state index contributed by atoms with van der Waals surface area (Å²) in [6, 6.07) is 5.96. The predicted molar refractivity (Wildman–Crippen MR) is 99.4 cm³/mol. The third-order valence-electron chi connectivity index (χ3n) is 5.06. The topological polar surface area (TPSA) is 41.9 Å². The van der Waals surface area contributed by atoms with Gasteiger partial charge < -0.3 is 4.74 Å². The fraction of sp³-hybridized carbons (Fsp3) is 0.579. The SMILES string of the molecule is CCCCC1=NC2(CCCC2)C(=O)N1Cc1ccc(Br)cc1OC. The summed E-state index contributed by atoms with van der Waals surface area (Å²) in [5, 5.41) is 0. The molecule has 1 aromatic rings. The van der Waals surface area contributed by atoms with Crippen LogP contribution in [0.4, 0.5) is 0 Å². The van der Waals surface area contributed by atoms with Crippen molar-refractivity contribution in [3.8, 4) is 5.75 Å². The largest absolute Gasteiger partial charge is 0.496 e. The van der Waals surface area contributed by atoms with E-state index in [1.54, 1.807) is 7.11 Å². The first-order valence-electron chi connectivity index (χ1n) is 8.83. The lowest BCUT2D eigenvalue weighted by molar-refractivity contribution is -0.131. The van der Waals surface area contributed by atoms with Crippen LogP contribution in [0.15, 0.2) is 27.7 Å². The molecule has 1 aliphatic carbocycles. The smallest absolute Gasteiger partial charge is 0.256 e. The minimum Gasteiger partial charge on any atom is -0.496 e. The summed E-state index contributed by atoms with van der Waals surface area (Å²) in [4.78, 5) is 20.0. The Labute approximate surface area is 152 Å². The highest BCUT2D eigenvalue weighted by atomic mass is 79.9. The van der Waals surface area contributed by atoms with E-state index in [0.29, 0.717) is 6.54 Å². The van der Waals surface area contributed by atoms with Crippen molar-refractivity contribution in [1.29, 1.82) is 0 Å². The number of hydrogen-bond acceptors (Lipinski definition) is 3. The van der Waals surface area contributed by atoms with E-state index in [1.165, 1.54) is 0 Å². The number of nitrogens with zero attached hydrogens (tertiary/aromatic N) is 2. The van der Waals surface area contributed by atoms with E-state index in [1.807, 2.05) is 23.1 Å². The average Bonchev–Trinajstić information content (AvgIpc) is 3.15. The summed E-state index contributed by atoms with van der Waals surface area (Å²) in [5.74, 6) is 1.96. The molecule has 2 aliphatic rings. The highest BCUT2D eigenvalue weighted by molar-refractivity contribution is 9.10. The molecule has 0 bridgehead atoms. The molecule has 0 aromatic heterocycles. The molecule has 3 rings (SSSR count). The lowest BCUT2D eigenvalue weighted by Gasteiger charge is -2.23. The third kappa shape index (κ3) is 3.23. The molecule has 0 saturated heterocycles. The molecule has 1 fully saturated rings. The van der Waals surface area contributed by atoms with Gasteiger partial charge >= 0.3 is 0 Å². The third-order valence-corrected chi connectivity index (χ3v) is 5.55. The quantitative estimate of drug-likeness (QED) is 0.703. The Morgan fingerprint density at radius 1 is 1.33 bits per heavy atom. The van der Waals surface area contributed by atoms with Gasteiger partial charge in [0.05, 0.1) is 13.7 Å². The lowest BCUT2D eigenvalue weighted by atomic mass is 9.98. The Bertz CT molecular complexity index is 651. The van der Waals surface area contributed by atoms with Gasteiger partial charge in [-0.15, -0.1) is 0 Å². The van der Waals surface area contributed by atoms with Crippen LogP contribution in [-0.4, -0.2) is 29.3 Å². The molecular weight excluding hydrogens is 368 g/mol. The predicted octanol–water partition coefficient (Wildman–Crippen LogP) is 4.70. The van der Waals surface area contributed by atoms with Gasteiger partial charge in [-0.3, -0.25) is 14.7 Å². The number of halogens is 1. The molecule has 0 atom stereocenters. The van der Waals surface area contributed by atoms with Crippen molar-refractivity contribution in [2.24, 2.45) is 4.99 Å². The van der Waals surface area contributed by atoms with E-state index in [4.69, 9.17) is 9.73 Å². The summed E-state index contributed by atoms with van der Waals surface area (Å²) >= 11 is 3.47. The molecule has 1 amide bonds. The van der Waals surface area contributed by atoms with Crippen LogP contribution in [0.2, 0.25) is 0 Å². The van der Waals surface area contributed by atoms with Gasteiger partial charge in [0.15, 0.2) is 0 Å². The van der Waals surface area contributed by atoms with Crippen LogP contribution < -0.4 is 4.74 Å². The van der Waals surface area contributed by atoms with Crippen LogP contribution in [-0.2, 0) is 11.3 Å². The van der Waals surface area contributed by atoms with Crippen molar-refractivity contribution in [1.82, 2.24) is 4.90 Å². The standard InChI is InChI=1S/C19H25BrN2O2/c1-3-4-7-17-21-19(10-5-6-11-19)18(23)22(17)13-14-8-9-15(20)12-16(14)24-2/h8-9,12H,3-7,10-11,13H2,1-2H3. The minimum absolute atomic E-state index is 0.191. The zero-order valence-corrected chi connectivity index (χ0v) is 16.1. The van der Waals surface area contributed by atoms with Gasteiger partial charge in [-0.25, -0.2) is 0 Å². The summed E-state index contributed by atoms with van der Waals surface area (Å²) in [6.45, 7) is 2.71. The number of aliphatic imine (C=N–C) groups is 1. The molecule has 24 heavy (non-hydrogen) atoms. The second kappa shape index (κ2) is 7.26. The Hall–Kier alpha value is -1.36. The first kappa shape index (κ1) is 17.5. The summed E-state index contributed by atoms with van der Waals surface area (Å²) < 4.78 is 6.47. The molecule has 0 radical (unpaired) electrons. The number of hydrogen-bond donors (Lipinski definition) is 0. The van der Waals surface area contributed by atoms with Gasteiger partial charge in [-0.1, -0.05) is 48.2 Å². The Morgan fingerprint density at radius 2 is 2.08 bits per heavy atom. The van der Waals surface area contributed by atoms with E-state index in [2.05, 4.69) is 22.9 Å².